The fraction of sp³-hybridized carbons (Fsp3) is 0.0714. The zero-order valence-electron chi connectivity index (χ0n) is 11.3. The lowest BCUT2D eigenvalue weighted by Crippen LogP contribution is -2.17. The number of nitro groups is 1. The van der Waals surface area contributed by atoms with Crippen molar-refractivity contribution in [3.63, 3.8) is 0 Å². The van der Waals surface area contributed by atoms with Crippen LogP contribution in [0.1, 0.15) is 10.4 Å². The number of nitrogens with one attached hydrogen (secondary N) is 1. The third-order valence-corrected chi connectivity index (χ3v) is 2.76. The largest absolute Gasteiger partial charge is 0.447 e. The normalized spacial score (nSPS) is 10.1. The van der Waals surface area contributed by atoms with Crippen LogP contribution >= 0.6 is 0 Å². The smallest absolute Gasteiger partial charge is 0.311 e. The van der Waals surface area contributed by atoms with Gasteiger partial charge in [0.1, 0.15) is 5.82 Å². The van der Waals surface area contributed by atoms with Gasteiger partial charge >= 0.3 is 5.69 Å². The van der Waals surface area contributed by atoms with Gasteiger partial charge in [-0.25, -0.2) is 8.78 Å². The van der Waals surface area contributed by atoms with Crippen LogP contribution in [0.15, 0.2) is 36.4 Å². The highest BCUT2D eigenvalue weighted by atomic mass is 19.1. The van der Waals surface area contributed by atoms with E-state index in [0.717, 1.165) is 24.3 Å². The van der Waals surface area contributed by atoms with Crippen LogP contribution in [0.5, 0.6) is 11.5 Å². The first-order valence-electron chi connectivity index (χ1n) is 6.06. The summed E-state index contributed by atoms with van der Waals surface area (Å²) in [6, 6.07) is 5.96. The van der Waals surface area contributed by atoms with Gasteiger partial charge in [-0.2, -0.15) is 0 Å². The van der Waals surface area contributed by atoms with Gasteiger partial charge in [0.05, 0.1) is 4.92 Å². The standard InChI is InChI=1S/C14H10F2N2O4/c1-17-14(19)8-2-4-11(18(20)21)13(6-8)22-12-5-3-9(15)7-10(12)16/h2-7H,1H3,(H,17,19). The van der Waals surface area contributed by atoms with E-state index in [4.69, 9.17) is 4.74 Å². The number of halogens is 2. The van der Waals surface area contributed by atoms with E-state index in [1.165, 1.54) is 13.1 Å². The van der Waals surface area contributed by atoms with E-state index < -0.39 is 33.9 Å². The molecule has 22 heavy (non-hydrogen) atoms. The van der Waals surface area contributed by atoms with Crippen LogP contribution in [0.2, 0.25) is 0 Å². The number of amides is 1. The zero-order valence-corrected chi connectivity index (χ0v) is 11.3. The molecule has 0 bridgehead atoms. The molecule has 8 heteroatoms. The van der Waals surface area contributed by atoms with Crippen molar-refractivity contribution in [2.24, 2.45) is 0 Å². The predicted molar refractivity (Wildman–Crippen MR) is 72.9 cm³/mol. The minimum atomic E-state index is -1.01. The molecular formula is C14H10F2N2O4. The van der Waals surface area contributed by atoms with Crippen LogP contribution in [0.25, 0.3) is 0 Å². The van der Waals surface area contributed by atoms with Gasteiger partial charge in [0.25, 0.3) is 5.91 Å². The molecule has 0 aliphatic carbocycles. The van der Waals surface area contributed by atoms with E-state index in [2.05, 4.69) is 5.32 Å². The van der Waals surface area contributed by atoms with E-state index in [9.17, 15) is 23.7 Å². The molecule has 0 radical (unpaired) electrons. The molecule has 0 saturated heterocycles. The minimum Gasteiger partial charge on any atom is -0.447 e. The maximum atomic E-state index is 13.6. The van der Waals surface area contributed by atoms with Crippen molar-refractivity contribution in [3.05, 3.63) is 63.7 Å². The number of carbonyl (C=O) groups excluding carboxylic acids is 1. The van der Waals surface area contributed by atoms with E-state index in [1.807, 2.05) is 0 Å². The number of nitro benzene ring substituents is 1. The molecule has 0 aromatic heterocycles. The van der Waals surface area contributed by atoms with Gasteiger partial charge in [-0.1, -0.05) is 0 Å². The Morgan fingerprint density at radius 1 is 1.18 bits per heavy atom. The maximum absolute atomic E-state index is 13.6. The van der Waals surface area contributed by atoms with E-state index >= 15 is 0 Å². The summed E-state index contributed by atoms with van der Waals surface area (Å²) in [5, 5.41) is 13.3. The van der Waals surface area contributed by atoms with Gasteiger partial charge in [-0.15, -0.1) is 0 Å². The molecule has 0 heterocycles. The summed E-state index contributed by atoms with van der Waals surface area (Å²) in [5.41, 5.74) is -0.345. The molecular weight excluding hydrogens is 298 g/mol. The quantitative estimate of drug-likeness (QED) is 0.695. The molecule has 1 amide bonds. The number of ether oxygens (including phenoxy) is 1. The number of nitrogens with zero attached hydrogens (tertiary/aromatic N) is 1. The lowest BCUT2D eigenvalue weighted by Gasteiger charge is -2.09. The van der Waals surface area contributed by atoms with Gasteiger partial charge < -0.3 is 10.1 Å². The molecule has 2 aromatic rings. The topological polar surface area (TPSA) is 81.5 Å². The minimum absolute atomic E-state index is 0.102. The van der Waals surface area contributed by atoms with Crippen LogP contribution < -0.4 is 10.1 Å². The third-order valence-electron chi connectivity index (χ3n) is 2.76. The maximum Gasteiger partial charge on any atom is 0.311 e. The second-order valence-electron chi connectivity index (χ2n) is 4.20. The van der Waals surface area contributed by atoms with Crippen molar-refractivity contribution < 1.29 is 23.2 Å². The molecule has 2 rings (SSSR count). The van der Waals surface area contributed by atoms with Gasteiger partial charge in [-0.05, 0) is 18.2 Å². The van der Waals surface area contributed by atoms with E-state index in [1.54, 1.807) is 0 Å². The van der Waals surface area contributed by atoms with Gasteiger partial charge in [0.2, 0.25) is 5.75 Å². The Balaban J connectivity index is 2.46. The van der Waals surface area contributed by atoms with Crippen LogP contribution in [0, 0.1) is 21.7 Å². The van der Waals surface area contributed by atoms with Gasteiger partial charge in [-0.3, -0.25) is 14.9 Å². The Labute approximate surface area is 123 Å². The second kappa shape index (κ2) is 6.17. The molecule has 0 saturated carbocycles. The highest BCUT2D eigenvalue weighted by molar-refractivity contribution is 5.94. The van der Waals surface area contributed by atoms with Gasteiger partial charge in [0, 0.05) is 30.8 Å². The Hall–Kier alpha value is -3.03. The van der Waals surface area contributed by atoms with Crippen molar-refractivity contribution in [1.29, 1.82) is 0 Å². The molecule has 2 aromatic carbocycles. The SMILES string of the molecule is CNC(=O)c1ccc([N+](=O)[O-])c(Oc2ccc(F)cc2F)c1. The molecule has 0 unspecified atom stereocenters. The fourth-order valence-corrected chi connectivity index (χ4v) is 1.71. The lowest BCUT2D eigenvalue weighted by molar-refractivity contribution is -0.385. The van der Waals surface area contributed by atoms with Crippen molar-refractivity contribution in [3.8, 4) is 11.5 Å². The molecule has 0 aliphatic rings. The van der Waals surface area contributed by atoms with E-state index in [-0.39, 0.29) is 11.3 Å². The van der Waals surface area contributed by atoms with Crippen molar-refractivity contribution in [2.45, 2.75) is 0 Å². The molecule has 0 spiro atoms. The first-order chi connectivity index (χ1) is 10.4. The number of hydrogen-bond donors (Lipinski definition) is 1. The summed E-state index contributed by atoms with van der Waals surface area (Å²) in [5.74, 6) is -3.02. The highest BCUT2D eigenvalue weighted by Gasteiger charge is 2.19. The average molecular weight is 308 g/mol. The Kier molecular flexibility index (Phi) is 4.31. The first-order valence-corrected chi connectivity index (χ1v) is 6.06. The number of rotatable bonds is 4. The Bertz CT molecular complexity index is 750. The van der Waals surface area contributed by atoms with Gasteiger partial charge in [0.15, 0.2) is 11.6 Å². The summed E-state index contributed by atoms with van der Waals surface area (Å²) in [6.45, 7) is 0. The Morgan fingerprint density at radius 3 is 2.50 bits per heavy atom. The molecule has 6 nitrogen and oxygen atoms in total. The summed E-state index contributed by atoms with van der Waals surface area (Å²) in [7, 11) is 1.39. The monoisotopic (exact) mass is 308 g/mol. The van der Waals surface area contributed by atoms with Crippen LogP contribution in [0.4, 0.5) is 14.5 Å². The average Bonchev–Trinajstić information content (AvgIpc) is 2.49. The first kappa shape index (κ1) is 15.4. The number of hydrogen-bond acceptors (Lipinski definition) is 4. The molecule has 1 N–H and O–H groups in total. The van der Waals surface area contributed by atoms with Crippen LogP contribution in [-0.4, -0.2) is 17.9 Å². The summed E-state index contributed by atoms with van der Waals surface area (Å²) >= 11 is 0. The third kappa shape index (κ3) is 3.17. The zero-order chi connectivity index (χ0) is 16.3. The van der Waals surface area contributed by atoms with Crippen LogP contribution in [0.3, 0.4) is 0 Å². The number of benzene rings is 2. The van der Waals surface area contributed by atoms with Crippen molar-refractivity contribution >= 4 is 11.6 Å². The summed E-state index contributed by atoms with van der Waals surface area (Å²) in [6.07, 6.45) is 0. The predicted octanol–water partition coefficient (Wildman–Crippen LogP) is 3.02. The number of carbonyl (C=O) groups is 1. The molecule has 0 fully saturated rings. The van der Waals surface area contributed by atoms with Crippen molar-refractivity contribution in [2.75, 3.05) is 7.05 Å². The fourth-order valence-electron chi connectivity index (χ4n) is 1.71. The highest BCUT2D eigenvalue weighted by Crippen LogP contribution is 2.33. The van der Waals surface area contributed by atoms with Crippen LogP contribution in [-0.2, 0) is 0 Å². The van der Waals surface area contributed by atoms with Crippen molar-refractivity contribution in [1.82, 2.24) is 5.32 Å². The van der Waals surface area contributed by atoms with E-state index in [0.29, 0.717) is 6.07 Å². The second-order valence-corrected chi connectivity index (χ2v) is 4.20. The lowest BCUT2D eigenvalue weighted by atomic mass is 10.1. The molecule has 114 valence electrons. The summed E-state index contributed by atoms with van der Waals surface area (Å²) in [4.78, 5) is 21.8. The summed E-state index contributed by atoms with van der Waals surface area (Å²) < 4.78 is 31.6. The Morgan fingerprint density at radius 2 is 1.91 bits per heavy atom. The molecule has 0 atom stereocenters. The molecule has 0 aliphatic heterocycles.